The monoisotopic (exact) mass is 472 g/mol. The van der Waals surface area contributed by atoms with Crippen molar-refractivity contribution in [3.63, 3.8) is 0 Å². The van der Waals surface area contributed by atoms with Gasteiger partial charge in [-0.1, -0.05) is 45.2 Å². The highest BCUT2D eigenvalue weighted by atomic mass is 79.9. The lowest BCUT2D eigenvalue weighted by atomic mass is 10.1. The summed E-state index contributed by atoms with van der Waals surface area (Å²) in [7, 11) is 1.52. The van der Waals surface area contributed by atoms with Crippen LogP contribution in [-0.2, 0) is 16.1 Å². The molecule has 2 aromatic rings. The van der Waals surface area contributed by atoms with E-state index in [9.17, 15) is 9.59 Å². The number of ether oxygens (including phenoxy) is 1. The summed E-state index contributed by atoms with van der Waals surface area (Å²) in [5.41, 5.74) is 0.577. The lowest BCUT2D eigenvalue weighted by Gasteiger charge is -2.29. The van der Waals surface area contributed by atoms with Gasteiger partial charge in [0.15, 0.2) is 6.61 Å². The van der Waals surface area contributed by atoms with Gasteiger partial charge in [-0.3, -0.25) is 9.59 Å². The number of halogens is 3. The molecular weight excluding hydrogens is 455 g/mol. The van der Waals surface area contributed by atoms with E-state index in [0.717, 1.165) is 4.47 Å². The number of benzene rings is 2. The summed E-state index contributed by atoms with van der Waals surface area (Å²) in [6.45, 7) is 1.52. The van der Waals surface area contributed by atoms with Gasteiger partial charge in [0.1, 0.15) is 11.8 Å². The molecule has 2 amide bonds. The highest BCUT2D eigenvalue weighted by molar-refractivity contribution is 9.10. The molecular formula is C19H19BrCl2N2O3. The number of likely N-dealkylation sites (N-methyl/N-ethyl adjacent to an activating group) is 1. The van der Waals surface area contributed by atoms with Crippen molar-refractivity contribution >= 4 is 50.9 Å². The van der Waals surface area contributed by atoms with E-state index < -0.39 is 6.04 Å². The predicted octanol–water partition coefficient (Wildman–Crippen LogP) is 4.30. The van der Waals surface area contributed by atoms with Gasteiger partial charge in [-0.25, -0.2) is 0 Å². The second-order valence-corrected chi connectivity index (χ2v) is 7.48. The van der Waals surface area contributed by atoms with Gasteiger partial charge in [-0.15, -0.1) is 0 Å². The first-order chi connectivity index (χ1) is 12.8. The highest BCUT2D eigenvalue weighted by Gasteiger charge is 2.27. The van der Waals surface area contributed by atoms with Crippen molar-refractivity contribution in [2.75, 3.05) is 13.7 Å². The van der Waals surface area contributed by atoms with Gasteiger partial charge in [0.25, 0.3) is 5.91 Å². The number of nitrogens with zero attached hydrogens (tertiary/aromatic N) is 1. The van der Waals surface area contributed by atoms with E-state index in [1.54, 1.807) is 37.3 Å². The van der Waals surface area contributed by atoms with Gasteiger partial charge in [0.2, 0.25) is 5.91 Å². The van der Waals surface area contributed by atoms with Crippen LogP contribution in [0.25, 0.3) is 0 Å². The Morgan fingerprint density at radius 1 is 1.15 bits per heavy atom. The van der Waals surface area contributed by atoms with Crippen LogP contribution in [0.1, 0.15) is 12.5 Å². The van der Waals surface area contributed by atoms with Crippen LogP contribution in [0.2, 0.25) is 10.0 Å². The maximum atomic E-state index is 12.8. The Kier molecular flexibility index (Phi) is 7.95. The summed E-state index contributed by atoms with van der Waals surface area (Å²) in [5, 5.41) is 3.41. The fourth-order valence-electron chi connectivity index (χ4n) is 2.40. The third kappa shape index (κ3) is 5.86. The molecule has 0 saturated heterocycles. The molecule has 0 bridgehead atoms. The fraction of sp³-hybridized carbons (Fsp3) is 0.263. The van der Waals surface area contributed by atoms with E-state index in [4.69, 9.17) is 27.9 Å². The Balaban J connectivity index is 2.19. The minimum atomic E-state index is -0.719. The molecule has 8 heteroatoms. The Morgan fingerprint density at radius 2 is 1.74 bits per heavy atom. The van der Waals surface area contributed by atoms with Crippen LogP contribution in [0.4, 0.5) is 0 Å². The van der Waals surface area contributed by atoms with Crippen LogP contribution in [0.3, 0.4) is 0 Å². The number of rotatable bonds is 7. The van der Waals surface area contributed by atoms with Crippen molar-refractivity contribution < 1.29 is 14.3 Å². The van der Waals surface area contributed by atoms with Crippen LogP contribution in [-0.4, -0.2) is 36.4 Å². The molecule has 0 radical (unpaired) electrons. The van der Waals surface area contributed by atoms with Gasteiger partial charge < -0.3 is 15.0 Å². The Morgan fingerprint density at radius 3 is 2.30 bits per heavy atom. The summed E-state index contributed by atoms with van der Waals surface area (Å²) < 4.78 is 6.46. The van der Waals surface area contributed by atoms with Crippen molar-refractivity contribution in [3.8, 4) is 5.75 Å². The van der Waals surface area contributed by atoms with Crippen LogP contribution in [0.5, 0.6) is 5.75 Å². The Labute approximate surface area is 176 Å². The third-order valence-electron chi connectivity index (χ3n) is 3.98. The summed E-state index contributed by atoms with van der Waals surface area (Å²) in [6, 6.07) is 11.5. The van der Waals surface area contributed by atoms with E-state index in [2.05, 4.69) is 21.2 Å². The van der Waals surface area contributed by atoms with Crippen molar-refractivity contribution in [2.24, 2.45) is 0 Å². The molecule has 0 saturated carbocycles. The van der Waals surface area contributed by atoms with Gasteiger partial charge in [-0.2, -0.15) is 0 Å². The van der Waals surface area contributed by atoms with Crippen LogP contribution in [0.15, 0.2) is 46.9 Å². The molecule has 2 aromatic carbocycles. The number of nitrogens with one attached hydrogen (secondary N) is 1. The zero-order valence-electron chi connectivity index (χ0n) is 14.8. The van der Waals surface area contributed by atoms with E-state index in [1.165, 1.54) is 11.9 Å². The smallest absolute Gasteiger partial charge is 0.261 e. The number of carbonyl (C=O) groups excluding carboxylic acids is 2. The van der Waals surface area contributed by atoms with Gasteiger partial charge in [0.05, 0.1) is 0 Å². The quantitative estimate of drug-likeness (QED) is 0.652. The van der Waals surface area contributed by atoms with E-state index in [-0.39, 0.29) is 25.0 Å². The first-order valence-corrected chi connectivity index (χ1v) is 9.70. The number of hydrogen-bond acceptors (Lipinski definition) is 3. The number of amides is 2. The van der Waals surface area contributed by atoms with Crippen LogP contribution in [0, 0.1) is 0 Å². The topological polar surface area (TPSA) is 58.6 Å². The highest BCUT2D eigenvalue weighted by Crippen LogP contribution is 2.26. The molecule has 0 aliphatic heterocycles. The first-order valence-electron chi connectivity index (χ1n) is 8.15. The molecule has 27 heavy (non-hydrogen) atoms. The molecule has 0 heterocycles. The SMILES string of the molecule is CNC(=O)C(C)N(Cc1c(Cl)cccc1Cl)C(=O)COc1ccc(Br)cc1. The van der Waals surface area contributed by atoms with E-state index in [0.29, 0.717) is 21.4 Å². The number of hydrogen-bond donors (Lipinski definition) is 1. The molecule has 1 atom stereocenters. The molecule has 0 aliphatic carbocycles. The minimum absolute atomic E-state index is 0.0929. The van der Waals surface area contributed by atoms with Gasteiger partial charge >= 0.3 is 0 Å². The summed E-state index contributed by atoms with van der Waals surface area (Å²) in [6.07, 6.45) is 0. The summed E-state index contributed by atoms with van der Waals surface area (Å²) in [4.78, 5) is 26.3. The standard InChI is InChI=1S/C19H19BrCl2N2O3/c1-12(19(26)23-2)24(10-15-16(21)4-3-5-17(15)22)18(25)11-27-14-8-6-13(20)7-9-14/h3-9,12H,10-11H2,1-2H3,(H,23,26). The molecule has 1 N–H and O–H groups in total. The first kappa shape index (κ1) is 21.5. The molecule has 0 aromatic heterocycles. The van der Waals surface area contributed by atoms with Gasteiger partial charge in [0, 0.05) is 33.7 Å². The normalized spacial score (nSPS) is 11.6. The summed E-state index contributed by atoms with van der Waals surface area (Å²) >= 11 is 15.8. The number of carbonyl (C=O) groups is 2. The maximum Gasteiger partial charge on any atom is 0.261 e. The Hall–Kier alpha value is -1.76. The molecule has 144 valence electrons. The molecule has 0 fully saturated rings. The van der Waals surface area contributed by atoms with Crippen LogP contribution < -0.4 is 10.1 Å². The van der Waals surface area contributed by atoms with Crippen molar-refractivity contribution in [2.45, 2.75) is 19.5 Å². The Bertz CT molecular complexity index is 795. The van der Waals surface area contributed by atoms with Crippen molar-refractivity contribution in [1.29, 1.82) is 0 Å². The van der Waals surface area contributed by atoms with Crippen molar-refractivity contribution in [1.82, 2.24) is 10.2 Å². The molecule has 0 spiro atoms. The lowest BCUT2D eigenvalue weighted by Crippen LogP contribution is -2.48. The average Bonchev–Trinajstić information content (AvgIpc) is 2.66. The largest absolute Gasteiger partial charge is 0.484 e. The maximum absolute atomic E-state index is 12.8. The molecule has 2 rings (SSSR count). The van der Waals surface area contributed by atoms with Crippen molar-refractivity contribution in [3.05, 3.63) is 62.5 Å². The molecule has 1 unspecified atom stereocenters. The average molecular weight is 474 g/mol. The fourth-order valence-corrected chi connectivity index (χ4v) is 3.19. The second-order valence-electron chi connectivity index (χ2n) is 5.75. The third-order valence-corrected chi connectivity index (χ3v) is 5.22. The zero-order valence-corrected chi connectivity index (χ0v) is 17.9. The molecule has 5 nitrogen and oxygen atoms in total. The van der Waals surface area contributed by atoms with E-state index in [1.807, 2.05) is 12.1 Å². The van der Waals surface area contributed by atoms with E-state index >= 15 is 0 Å². The molecule has 0 aliphatic rings. The summed E-state index contributed by atoms with van der Waals surface area (Å²) in [5.74, 6) is -0.102. The minimum Gasteiger partial charge on any atom is -0.484 e. The van der Waals surface area contributed by atoms with Crippen LogP contribution >= 0.6 is 39.1 Å². The zero-order chi connectivity index (χ0) is 20.0. The lowest BCUT2D eigenvalue weighted by molar-refractivity contribution is -0.142. The van der Waals surface area contributed by atoms with Gasteiger partial charge in [-0.05, 0) is 43.3 Å². The predicted molar refractivity (Wildman–Crippen MR) is 110 cm³/mol. The second kappa shape index (κ2) is 9.97.